The topological polar surface area (TPSA) is 313 Å². The van der Waals surface area contributed by atoms with E-state index in [0.717, 1.165) is 20.8 Å². The van der Waals surface area contributed by atoms with E-state index in [2.05, 4.69) is 21.3 Å². The number of Topliss-reactive ketones (excluding diaryl/α,β-unsaturated/α-hetero) is 2. The van der Waals surface area contributed by atoms with E-state index in [1.54, 1.807) is 0 Å². The molecule has 1 rings (SSSR count). The van der Waals surface area contributed by atoms with Gasteiger partial charge in [0, 0.05) is 76.2 Å². The third-order valence-electron chi connectivity index (χ3n) is 8.26. The molecule has 1 heterocycles. The number of nitrogens with one attached hydrogen (secondary N) is 4. The Bertz CT molecular complexity index is 1310. The average molecular weight is 802 g/mol. The Hall–Kier alpha value is -4.05. The van der Waals surface area contributed by atoms with Gasteiger partial charge in [-0.3, -0.25) is 58.8 Å². The molecule has 21 nitrogen and oxygen atoms in total. The number of amides is 7. The summed E-state index contributed by atoms with van der Waals surface area (Å²) in [4.78, 5) is 114. The molecule has 53 heavy (non-hydrogen) atoms. The number of carbonyl (C=O) groups excluding carboxylic acids is 9. The largest absolute Gasteiger partial charge is 0.396 e. The van der Waals surface area contributed by atoms with Crippen LogP contribution in [0.5, 0.6) is 0 Å². The fourth-order valence-electron chi connectivity index (χ4n) is 5.12. The van der Waals surface area contributed by atoms with Gasteiger partial charge >= 0.3 is 0 Å². The molecule has 0 aromatic carbocycles. The molecule has 5 unspecified atom stereocenters. The zero-order valence-corrected chi connectivity index (χ0v) is 31.0. The van der Waals surface area contributed by atoms with Gasteiger partial charge < -0.3 is 31.5 Å². The molecule has 0 bridgehead atoms. The van der Waals surface area contributed by atoms with Crippen LogP contribution in [0.3, 0.4) is 0 Å². The van der Waals surface area contributed by atoms with Gasteiger partial charge in [-0.2, -0.15) is 0 Å². The van der Waals surface area contributed by atoms with E-state index >= 15 is 0 Å². The van der Waals surface area contributed by atoms with E-state index in [9.17, 15) is 69.0 Å². The standard InChI is InChI=1S/C31H51N7O14.Fe/c1-18(41)36(50)10-4-7-21-13-26(44)23(8-5-11-37(51)19(2)42)33-28(46)15-32-31(49)25(17-40)35-30(48)22(16-39)14-27(45)24(34-29(21)47)9-6-12-38(52)20(3)43;/h21-25,39-40,50-52H,4-17H2,1-3H3,(H,32,49)(H,33,46)(H,34,47)(H,35,48);. The van der Waals surface area contributed by atoms with Gasteiger partial charge in [-0.25, -0.2) is 15.2 Å². The predicted octanol–water partition coefficient (Wildman–Crippen LogP) is -3.24. The van der Waals surface area contributed by atoms with Gasteiger partial charge in [0.05, 0.1) is 37.8 Å². The summed E-state index contributed by atoms with van der Waals surface area (Å²) in [6, 6.07) is -4.31. The number of rotatable bonds is 14. The molecular formula is C31H51FeN7O14. The second-order valence-electron chi connectivity index (χ2n) is 12.4. The fourth-order valence-corrected chi connectivity index (χ4v) is 5.12. The number of aliphatic hydroxyl groups is 2. The molecule has 5 atom stereocenters. The number of hydrogen-bond donors (Lipinski definition) is 9. The minimum atomic E-state index is -1.61. The van der Waals surface area contributed by atoms with Crippen LogP contribution in [0, 0.1) is 11.8 Å². The Kier molecular flexibility index (Phi) is 23.1. The molecule has 0 spiro atoms. The van der Waals surface area contributed by atoms with Crippen LogP contribution in [0.2, 0.25) is 0 Å². The SMILES string of the molecule is CC(=O)N(O)CCCC1CC(=O)C(CCCN(O)C(C)=O)NC(=O)CNC(=O)C(CO)NC(=O)C(CO)CC(=O)C(CCCN(O)C(C)=O)NC1=O.[Fe]. The van der Waals surface area contributed by atoms with Crippen molar-refractivity contribution in [1.29, 1.82) is 0 Å². The van der Waals surface area contributed by atoms with Crippen molar-refractivity contribution in [3.8, 4) is 0 Å². The zero-order chi connectivity index (χ0) is 39.5. The summed E-state index contributed by atoms with van der Waals surface area (Å²) in [6.07, 6.45) is -1.70. The van der Waals surface area contributed by atoms with Gasteiger partial charge in [0.15, 0.2) is 11.6 Å². The van der Waals surface area contributed by atoms with Crippen molar-refractivity contribution in [3.05, 3.63) is 0 Å². The number of aliphatic hydroxyl groups excluding tert-OH is 2. The summed E-state index contributed by atoms with van der Waals surface area (Å²) in [5, 5.41) is 59.6. The molecular weight excluding hydrogens is 750 g/mol. The first-order valence-corrected chi connectivity index (χ1v) is 16.8. The average Bonchev–Trinajstić information content (AvgIpc) is 3.09. The first-order chi connectivity index (χ1) is 24.4. The second kappa shape index (κ2) is 25.1. The van der Waals surface area contributed by atoms with Crippen molar-refractivity contribution >= 4 is 52.9 Å². The van der Waals surface area contributed by atoms with Crippen LogP contribution < -0.4 is 21.3 Å². The zero-order valence-electron chi connectivity index (χ0n) is 29.9. The van der Waals surface area contributed by atoms with Gasteiger partial charge in [-0.15, -0.1) is 0 Å². The molecule has 1 saturated heterocycles. The van der Waals surface area contributed by atoms with Crippen LogP contribution in [-0.4, -0.2) is 151 Å². The molecule has 0 aromatic rings. The van der Waals surface area contributed by atoms with E-state index in [-0.39, 0.29) is 75.2 Å². The summed E-state index contributed by atoms with van der Waals surface area (Å²) in [7, 11) is 0. The van der Waals surface area contributed by atoms with Crippen LogP contribution in [0.25, 0.3) is 0 Å². The minimum Gasteiger partial charge on any atom is -0.396 e. The van der Waals surface area contributed by atoms with Gasteiger partial charge in [0.25, 0.3) is 0 Å². The van der Waals surface area contributed by atoms with Crippen molar-refractivity contribution in [2.45, 2.75) is 90.3 Å². The number of hydroxylamine groups is 6. The van der Waals surface area contributed by atoms with E-state index in [1.165, 1.54) is 0 Å². The van der Waals surface area contributed by atoms with Crippen LogP contribution in [0.15, 0.2) is 0 Å². The van der Waals surface area contributed by atoms with E-state index in [4.69, 9.17) is 0 Å². The first kappa shape index (κ1) is 48.9. The van der Waals surface area contributed by atoms with Crippen molar-refractivity contribution in [3.63, 3.8) is 0 Å². The normalized spacial score (nSPS) is 22.2. The van der Waals surface area contributed by atoms with E-state index in [1.807, 2.05) is 0 Å². The van der Waals surface area contributed by atoms with Crippen molar-refractivity contribution < 1.29 is 86.1 Å². The summed E-state index contributed by atoms with van der Waals surface area (Å²) < 4.78 is 0. The monoisotopic (exact) mass is 801 g/mol. The molecule has 1 fully saturated rings. The van der Waals surface area contributed by atoms with Gasteiger partial charge in [0.2, 0.25) is 41.4 Å². The van der Waals surface area contributed by atoms with Crippen LogP contribution in [0.4, 0.5) is 0 Å². The van der Waals surface area contributed by atoms with E-state index in [0.29, 0.717) is 15.2 Å². The van der Waals surface area contributed by atoms with Crippen molar-refractivity contribution in [2.75, 3.05) is 39.4 Å². The third-order valence-corrected chi connectivity index (χ3v) is 8.26. The van der Waals surface area contributed by atoms with Crippen LogP contribution >= 0.6 is 0 Å². The number of hydrogen-bond acceptors (Lipinski definition) is 14. The molecule has 7 amide bonds. The van der Waals surface area contributed by atoms with Crippen LogP contribution in [0.1, 0.15) is 72.1 Å². The van der Waals surface area contributed by atoms with Crippen molar-refractivity contribution in [2.24, 2.45) is 11.8 Å². The summed E-state index contributed by atoms with van der Waals surface area (Å²) >= 11 is 0. The predicted molar refractivity (Wildman–Crippen MR) is 174 cm³/mol. The molecule has 9 N–H and O–H groups in total. The molecule has 22 heteroatoms. The fraction of sp³-hybridized carbons (Fsp3) is 0.710. The molecule has 0 radical (unpaired) electrons. The van der Waals surface area contributed by atoms with E-state index < -0.39 is 115 Å². The molecule has 0 saturated carbocycles. The molecule has 0 aliphatic carbocycles. The Labute approximate surface area is 316 Å². The Morgan fingerprint density at radius 1 is 0.585 bits per heavy atom. The molecule has 0 aromatic heterocycles. The quantitative estimate of drug-likeness (QED) is 0.0474. The first-order valence-electron chi connectivity index (χ1n) is 16.8. The third kappa shape index (κ3) is 18.0. The maximum absolute atomic E-state index is 13.8. The molecule has 302 valence electrons. The minimum absolute atomic E-state index is 0. The van der Waals surface area contributed by atoms with Gasteiger partial charge in [0.1, 0.15) is 6.04 Å². The maximum atomic E-state index is 13.8. The second-order valence-corrected chi connectivity index (χ2v) is 12.4. The Balaban J connectivity index is 0.0000270. The summed E-state index contributed by atoms with van der Waals surface area (Å²) in [6.45, 7) is 0.0369. The molecule has 1 aliphatic heterocycles. The number of ketones is 2. The maximum Gasteiger partial charge on any atom is 0.245 e. The van der Waals surface area contributed by atoms with Crippen LogP contribution in [-0.2, 0) is 60.2 Å². The van der Waals surface area contributed by atoms with Crippen molar-refractivity contribution in [1.82, 2.24) is 36.5 Å². The molecule has 1 aliphatic rings. The summed E-state index contributed by atoms with van der Waals surface area (Å²) in [5.74, 6) is -9.96. The smallest absolute Gasteiger partial charge is 0.245 e. The number of carbonyl (C=O) groups is 9. The Morgan fingerprint density at radius 3 is 1.42 bits per heavy atom. The number of nitrogens with zero attached hydrogens (tertiary/aromatic N) is 3. The Morgan fingerprint density at radius 2 is 0.981 bits per heavy atom. The van der Waals surface area contributed by atoms with Gasteiger partial charge in [-0.05, 0) is 38.5 Å². The summed E-state index contributed by atoms with van der Waals surface area (Å²) in [5.41, 5.74) is 0. The van der Waals surface area contributed by atoms with Gasteiger partial charge in [-0.1, -0.05) is 0 Å².